The number of aromatic nitrogens is 2. The lowest BCUT2D eigenvalue weighted by molar-refractivity contribution is 0.0176. The Labute approximate surface area is 126 Å². The maximum Gasteiger partial charge on any atom is 0.234 e. The summed E-state index contributed by atoms with van der Waals surface area (Å²) in [7, 11) is 1.65. The van der Waals surface area contributed by atoms with Crippen LogP contribution in [0.3, 0.4) is 0 Å². The number of methoxy groups -OCH3 is 1. The minimum Gasteiger partial charge on any atom is -0.474 e. The standard InChI is InChI=1S/C14H25N3O4/c1-3-4-16-13-11-15-12-14(17-13)21-10-9-20-8-7-19-6-5-18-2/h11-12H,3-10H2,1-2H3,(H,16,17). The number of hydrogen-bond donors (Lipinski definition) is 1. The van der Waals surface area contributed by atoms with E-state index in [1.165, 1.54) is 0 Å². The van der Waals surface area contributed by atoms with E-state index in [-0.39, 0.29) is 0 Å². The molecule has 0 radical (unpaired) electrons. The lowest BCUT2D eigenvalue weighted by atomic mass is 10.5. The molecule has 1 aromatic heterocycles. The smallest absolute Gasteiger partial charge is 0.234 e. The zero-order valence-electron chi connectivity index (χ0n) is 12.8. The van der Waals surface area contributed by atoms with Crippen molar-refractivity contribution in [1.82, 2.24) is 9.97 Å². The third kappa shape index (κ3) is 9.17. The Morgan fingerprint density at radius 3 is 2.43 bits per heavy atom. The van der Waals surface area contributed by atoms with E-state index in [2.05, 4.69) is 22.2 Å². The largest absolute Gasteiger partial charge is 0.474 e. The van der Waals surface area contributed by atoms with Gasteiger partial charge in [-0.15, -0.1) is 0 Å². The molecule has 1 aromatic rings. The average molecular weight is 299 g/mol. The topological polar surface area (TPSA) is 74.7 Å². The summed E-state index contributed by atoms with van der Waals surface area (Å²) in [6, 6.07) is 0. The quantitative estimate of drug-likeness (QED) is 0.551. The van der Waals surface area contributed by atoms with Crippen molar-refractivity contribution in [3.63, 3.8) is 0 Å². The van der Waals surface area contributed by atoms with Crippen molar-refractivity contribution in [2.75, 3.05) is 58.6 Å². The predicted octanol–water partition coefficient (Wildman–Crippen LogP) is 1.36. The Hall–Kier alpha value is -1.44. The molecule has 7 heteroatoms. The molecular weight excluding hydrogens is 274 g/mol. The Bertz CT molecular complexity index is 366. The molecule has 0 aliphatic heterocycles. The number of ether oxygens (including phenoxy) is 4. The highest BCUT2D eigenvalue weighted by Crippen LogP contribution is 2.08. The van der Waals surface area contributed by atoms with Crippen LogP contribution in [0.15, 0.2) is 12.4 Å². The van der Waals surface area contributed by atoms with Crippen LogP contribution in [0.1, 0.15) is 13.3 Å². The van der Waals surface area contributed by atoms with Gasteiger partial charge in [-0.05, 0) is 6.42 Å². The van der Waals surface area contributed by atoms with Gasteiger partial charge in [-0.2, -0.15) is 4.98 Å². The van der Waals surface area contributed by atoms with E-state index in [4.69, 9.17) is 18.9 Å². The van der Waals surface area contributed by atoms with Gasteiger partial charge < -0.3 is 24.3 Å². The second kappa shape index (κ2) is 12.3. The fraction of sp³-hybridized carbons (Fsp3) is 0.714. The molecule has 1 heterocycles. The summed E-state index contributed by atoms with van der Waals surface area (Å²) >= 11 is 0. The third-order valence-electron chi connectivity index (χ3n) is 2.45. The molecule has 7 nitrogen and oxygen atoms in total. The van der Waals surface area contributed by atoms with Crippen LogP contribution < -0.4 is 10.1 Å². The molecule has 0 fully saturated rings. The Morgan fingerprint density at radius 1 is 1.00 bits per heavy atom. The van der Waals surface area contributed by atoms with Crippen LogP contribution in [-0.2, 0) is 14.2 Å². The van der Waals surface area contributed by atoms with Crippen LogP contribution in [0.2, 0.25) is 0 Å². The summed E-state index contributed by atoms with van der Waals surface area (Å²) in [5.74, 6) is 1.22. The highest BCUT2D eigenvalue weighted by atomic mass is 16.6. The normalized spacial score (nSPS) is 10.6. The van der Waals surface area contributed by atoms with Gasteiger partial charge in [0.1, 0.15) is 12.4 Å². The zero-order chi connectivity index (χ0) is 15.2. The third-order valence-corrected chi connectivity index (χ3v) is 2.45. The molecule has 0 amide bonds. The SMILES string of the molecule is CCCNc1cncc(OCCOCCOCCOC)n1. The van der Waals surface area contributed by atoms with Crippen molar-refractivity contribution in [2.45, 2.75) is 13.3 Å². The number of rotatable bonds is 13. The van der Waals surface area contributed by atoms with Gasteiger partial charge >= 0.3 is 0 Å². The molecule has 1 rings (SSSR count). The summed E-state index contributed by atoms with van der Waals surface area (Å²) in [5, 5.41) is 3.16. The first-order valence-corrected chi connectivity index (χ1v) is 7.20. The summed E-state index contributed by atoms with van der Waals surface area (Å²) < 4.78 is 21.0. The van der Waals surface area contributed by atoms with Crippen LogP contribution in [0.5, 0.6) is 5.88 Å². The number of hydrogen-bond acceptors (Lipinski definition) is 7. The lowest BCUT2D eigenvalue weighted by Crippen LogP contribution is -2.13. The molecule has 0 atom stereocenters. The van der Waals surface area contributed by atoms with Gasteiger partial charge in [0.15, 0.2) is 0 Å². The maximum absolute atomic E-state index is 5.47. The molecule has 0 aliphatic rings. The molecule has 21 heavy (non-hydrogen) atoms. The molecular formula is C14H25N3O4. The van der Waals surface area contributed by atoms with Gasteiger partial charge in [0.05, 0.1) is 45.4 Å². The summed E-state index contributed by atoms with van der Waals surface area (Å²) in [6.07, 6.45) is 4.30. The number of nitrogens with zero attached hydrogens (tertiary/aromatic N) is 2. The first-order valence-electron chi connectivity index (χ1n) is 7.20. The Morgan fingerprint density at radius 2 is 1.71 bits per heavy atom. The van der Waals surface area contributed by atoms with Crippen LogP contribution >= 0.6 is 0 Å². The molecule has 0 bridgehead atoms. The Balaban J connectivity index is 2.04. The summed E-state index contributed by atoms with van der Waals surface area (Å²) in [5.41, 5.74) is 0. The van der Waals surface area contributed by atoms with Crippen LogP contribution in [0, 0.1) is 0 Å². The molecule has 0 aromatic carbocycles. The minimum atomic E-state index is 0.435. The second-order valence-corrected chi connectivity index (χ2v) is 4.24. The van der Waals surface area contributed by atoms with Crippen molar-refractivity contribution in [3.05, 3.63) is 12.4 Å². The second-order valence-electron chi connectivity index (χ2n) is 4.24. The predicted molar refractivity (Wildman–Crippen MR) is 79.8 cm³/mol. The summed E-state index contributed by atoms with van der Waals surface area (Å²) in [6.45, 7) is 6.16. The van der Waals surface area contributed by atoms with Crippen LogP contribution in [0.25, 0.3) is 0 Å². The monoisotopic (exact) mass is 299 g/mol. The van der Waals surface area contributed by atoms with Gasteiger partial charge in [-0.3, -0.25) is 4.98 Å². The molecule has 120 valence electrons. The fourth-order valence-electron chi connectivity index (χ4n) is 1.43. The van der Waals surface area contributed by atoms with E-state index in [0.717, 1.165) is 18.8 Å². The highest BCUT2D eigenvalue weighted by Gasteiger charge is 1.99. The van der Waals surface area contributed by atoms with Crippen molar-refractivity contribution in [3.8, 4) is 5.88 Å². The number of anilines is 1. The molecule has 0 unspecified atom stereocenters. The van der Waals surface area contributed by atoms with E-state index >= 15 is 0 Å². The molecule has 0 aliphatic carbocycles. The summed E-state index contributed by atoms with van der Waals surface area (Å²) in [4.78, 5) is 8.36. The van der Waals surface area contributed by atoms with Crippen LogP contribution in [-0.4, -0.2) is 63.3 Å². The van der Waals surface area contributed by atoms with Gasteiger partial charge in [0, 0.05) is 13.7 Å². The minimum absolute atomic E-state index is 0.435. The van der Waals surface area contributed by atoms with E-state index in [0.29, 0.717) is 45.5 Å². The first-order chi connectivity index (χ1) is 10.4. The molecule has 0 spiro atoms. The molecule has 0 saturated carbocycles. The number of nitrogens with one attached hydrogen (secondary N) is 1. The molecule has 1 N–H and O–H groups in total. The molecule has 0 saturated heterocycles. The fourth-order valence-corrected chi connectivity index (χ4v) is 1.43. The van der Waals surface area contributed by atoms with E-state index in [1.807, 2.05) is 0 Å². The lowest BCUT2D eigenvalue weighted by Gasteiger charge is -2.08. The van der Waals surface area contributed by atoms with Crippen molar-refractivity contribution < 1.29 is 18.9 Å². The van der Waals surface area contributed by atoms with Gasteiger partial charge in [0.2, 0.25) is 5.88 Å². The van der Waals surface area contributed by atoms with E-state index < -0.39 is 0 Å². The van der Waals surface area contributed by atoms with Gasteiger partial charge in [-0.25, -0.2) is 0 Å². The van der Waals surface area contributed by atoms with Crippen molar-refractivity contribution in [2.24, 2.45) is 0 Å². The van der Waals surface area contributed by atoms with Crippen molar-refractivity contribution in [1.29, 1.82) is 0 Å². The van der Waals surface area contributed by atoms with Gasteiger partial charge in [0.25, 0.3) is 0 Å². The Kier molecular flexibility index (Phi) is 10.3. The van der Waals surface area contributed by atoms with E-state index in [1.54, 1.807) is 19.5 Å². The maximum atomic E-state index is 5.47. The average Bonchev–Trinajstić information content (AvgIpc) is 2.52. The zero-order valence-corrected chi connectivity index (χ0v) is 12.8. The van der Waals surface area contributed by atoms with Crippen LogP contribution in [0.4, 0.5) is 5.82 Å². The van der Waals surface area contributed by atoms with E-state index in [9.17, 15) is 0 Å². The van der Waals surface area contributed by atoms with Gasteiger partial charge in [-0.1, -0.05) is 6.92 Å². The first kappa shape index (κ1) is 17.6. The highest BCUT2D eigenvalue weighted by molar-refractivity contribution is 5.32. The van der Waals surface area contributed by atoms with Crippen molar-refractivity contribution >= 4 is 5.82 Å².